The van der Waals surface area contributed by atoms with Crippen LogP contribution in [0.1, 0.15) is 28.2 Å². The number of carboxylic acids is 1. The van der Waals surface area contributed by atoms with Crippen LogP contribution in [0.2, 0.25) is 0 Å². The maximum Gasteiger partial charge on any atom is 0.335 e. The third-order valence-corrected chi connectivity index (χ3v) is 5.96. The minimum Gasteiger partial charge on any atom is -0.478 e. The van der Waals surface area contributed by atoms with E-state index in [4.69, 9.17) is 5.11 Å². The van der Waals surface area contributed by atoms with Gasteiger partial charge >= 0.3 is 5.97 Å². The van der Waals surface area contributed by atoms with Crippen molar-refractivity contribution in [1.29, 1.82) is 0 Å². The summed E-state index contributed by atoms with van der Waals surface area (Å²) in [5, 5.41) is 9.05. The van der Waals surface area contributed by atoms with E-state index in [1.54, 1.807) is 24.4 Å². The zero-order chi connectivity index (χ0) is 16.4. The van der Waals surface area contributed by atoms with Crippen LogP contribution in [-0.4, -0.2) is 40.6 Å². The van der Waals surface area contributed by atoms with Crippen LogP contribution in [0.5, 0.6) is 0 Å². The molecule has 1 unspecified atom stereocenters. The number of carboxylic acid groups (broad SMARTS) is 1. The topological polar surface area (TPSA) is 89.3 Å². The van der Waals surface area contributed by atoms with Crippen LogP contribution in [0.4, 0.5) is 0 Å². The second-order valence-corrected chi connectivity index (χ2v) is 8.18. The molecule has 1 aliphatic heterocycles. The second kappa shape index (κ2) is 6.16. The van der Waals surface area contributed by atoms with Crippen molar-refractivity contribution in [3.8, 4) is 0 Å². The lowest BCUT2D eigenvalue weighted by atomic mass is 10.0. The van der Waals surface area contributed by atoms with Gasteiger partial charge in [-0.1, -0.05) is 12.1 Å². The van der Waals surface area contributed by atoms with E-state index < -0.39 is 15.8 Å². The van der Waals surface area contributed by atoms with Gasteiger partial charge in [-0.15, -0.1) is 0 Å². The SMILES string of the molecule is O=C(O)c1cccc(Cn2ccnc2CC2CCS(=O)(=O)C2)c1. The third kappa shape index (κ3) is 3.79. The smallest absolute Gasteiger partial charge is 0.335 e. The fourth-order valence-corrected chi connectivity index (χ4v) is 4.83. The summed E-state index contributed by atoms with van der Waals surface area (Å²) >= 11 is 0. The molecule has 0 bridgehead atoms. The maximum atomic E-state index is 11.6. The molecular formula is C16H18N2O4S. The van der Waals surface area contributed by atoms with Crippen LogP contribution < -0.4 is 0 Å². The number of nitrogens with zero attached hydrogens (tertiary/aromatic N) is 2. The molecular weight excluding hydrogens is 316 g/mol. The van der Waals surface area contributed by atoms with Crippen molar-refractivity contribution in [2.75, 3.05) is 11.5 Å². The van der Waals surface area contributed by atoms with Crippen molar-refractivity contribution in [3.05, 3.63) is 53.6 Å². The maximum absolute atomic E-state index is 11.6. The van der Waals surface area contributed by atoms with Gasteiger partial charge in [-0.2, -0.15) is 0 Å². The number of aromatic nitrogens is 2. The third-order valence-electron chi connectivity index (χ3n) is 4.13. The lowest BCUT2D eigenvalue weighted by Crippen LogP contribution is -2.12. The number of hydrogen-bond acceptors (Lipinski definition) is 4. The Labute approximate surface area is 134 Å². The summed E-state index contributed by atoms with van der Waals surface area (Å²) in [4.78, 5) is 15.4. The Balaban J connectivity index is 1.74. The van der Waals surface area contributed by atoms with Crippen LogP contribution >= 0.6 is 0 Å². The molecule has 2 aromatic rings. The number of benzene rings is 1. The molecule has 23 heavy (non-hydrogen) atoms. The van der Waals surface area contributed by atoms with E-state index in [0.717, 1.165) is 11.4 Å². The van der Waals surface area contributed by atoms with Gasteiger partial charge in [-0.05, 0) is 30.0 Å². The molecule has 122 valence electrons. The van der Waals surface area contributed by atoms with E-state index in [1.165, 1.54) is 0 Å². The van der Waals surface area contributed by atoms with Gasteiger partial charge in [-0.25, -0.2) is 18.2 Å². The standard InChI is InChI=1S/C16H18N2O4S/c19-16(20)14-3-1-2-12(8-14)10-18-6-5-17-15(18)9-13-4-7-23(21,22)11-13/h1-3,5-6,8,13H,4,7,9-11H2,(H,19,20). The van der Waals surface area contributed by atoms with E-state index in [-0.39, 0.29) is 23.0 Å². The summed E-state index contributed by atoms with van der Waals surface area (Å²) in [6.07, 6.45) is 4.85. The highest BCUT2D eigenvalue weighted by molar-refractivity contribution is 7.91. The highest BCUT2D eigenvalue weighted by atomic mass is 32.2. The van der Waals surface area contributed by atoms with Crippen LogP contribution in [0.15, 0.2) is 36.7 Å². The number of rotatable bonds is 5. The predicted octanol–water partition coefficient (Wildman–Crippen LogP) is 1.61. The molecule has 0 saturated carbocycles. The molecule has 1 atom stereocenters. The van der Waals surface area contributed by atoms with Crippen LogP contribution in [0, 0.1) is 5.92 Å². The van der Waals surface area contributed by atoms with Gasteiger partial charge in [0.1, 0.15) is 5.82 Å². The number of sulfone groups is 1. The van der Waals surface area contributed by atoms with Crippen molar-refractivity contribution in [1.82, 2.24) is 9.55 Å². The summed E-state index contributed by atoms with van der Waals surface area (Å²) in [6.45, 7) is 0.524. The fourth-order valence-electron chi connectivity index (χ4n) is 2.96. The zero-order valence-corrected chi connectivity index (χ0v) is 13.4. The molecule has 2 heterocycles. The van der Waals surface area contributed by atoms with E-state index >= 15 is 0 Å². The second-order valence-electron chi connectivity index (χ2n) is 5.95. The van der Waals surface area contributed by atoms with Crippen LogP contribution in [0.25, 0.3) is 0 Å². The summed E-state index contributed by atoms with van der Waals surface area (Å²) < 4.78 is 25.1. The van der Waals surface area contributed by atoms with Crippen LogP contribution in [-0.2, 0) is 22.8 Å². The van der Waals surface area contributed by atoms with E-state index in [0.29, 0.717) is 19.4 Å². The number of aromatic carboxylic acids is 1. The average molecular weight is 334 g/mol. The first-order valence-corrected chi connectivity index (χ1v) is 9.28. The summed E-state index contributed by atoms with van der Waals surface area (Å²) in [6, 6.07) is 6.80. The molecule has 0 spiro atoms. The Morgan fingerprint density at radius 2 is 2.22 bits per heavy atom. The minimum atomic E-state index is -2.89. The van der Waals surface area contributed by atoms with Crippen molar-refractivity contribution < 1.29 is 18.3 Å². The molecule has 1 aromatic carbocycles. The monoisotopic (exact) mass is 334 g/mol. The molecule has 0 aliphatic carbocycles. The van der Waals surface area contributed by atoms with Gasteiger partial charge < -0.3 is 9.67 Å². The number of imidazole rings is 1. The molecule has 3 rings (SSSR count). The van der Waals surface area contributed by atoms with E-state index in [2.05, 4.69) is 4.98 Å². The Kier molecular flexibility index (Phi) is 4.21. The molecule has 1 fully saturated rings. The lowest BCUT2D eigenvalue weighted by Gasteiger charge is -2.11. The van der Waals surface area contributed by atoms with Gasteiger partial charge in [0.05, 0.1) is 17.1 Å². The van der Waals surface area contributed by atoms with E-state index in [9.17, 15) is 13.2 Å². The molecule has 0 radical (unpaired) electrons. The Hall–Kier alpha value is -2.15. The summed E-state index contributed by atoms with van der Waals surface area (Å²) in [7, 11) is -2.89. The van der Waals surface area contributed by atoms with Gasteiger partial charge in [0, 0.05) is 25.4 Å². The molecule has 1 aliphatic rings. The summed E-state index contributed by atoms with van der Waals surface area (Å²) in [5.74, 6) is 0.501. The first-order chi connectivity index (χ1) is 10.9. The minimum absolute atomic E-state index is 0.117. The van der Waals surface area contributed by atoms with Gasteiger partial charge in [-0.3, -0.25) is 0 Å². The molecule has 7 heteroatoms. The molecule has 1 saturated heterocycles. The van der Waals surface area contributed by atoms with Crippen LogP contribution in [0.3, 0.4) is 0 Å². The van der Waals surface area contributed by atoms with E-state index in [1.807, 2.05) is 16.8 Å². The van der Waals surface area contributed by atoms with Crippen molar-refractivity contribution in [2.24, 2.45) is 5.92 Å². The van der Waals surface area contributed by atoms with Crippen molar-refractivity contribution >= 4 is 15.8 Å². The number of hydrogen-bond donors (Lipinski definition) is 1. The molecule has 6 nitrogen and oxygen atoms in total. The Bertz CT molecular complexity index is 826. The highest BCUT2D eigenvalue weighted by Crippen LogP contribution is 2.22. The first kappa shape index (κ1) is 15.7. The van der Waals surface area contributed by atoms with Crippen molar-refractivity contribution in [3.63, 3.8) is 0 Å². The molecule has 1 aromatic heterocycles. The van der Waals surface area contributed by atoms with Gasteiger partial charge in [0.2, 0.25) is 0 Å². The summed E-state index contributed by atoms with van der Waals surface area (Å²) in [5.41, 5.74) is 1.13. The lowest BCUT2D eigenvalue weighted by molar-refractivity contribution is 0.0696. The van der Waals surface area contributed by atoms with Gasteiger partial charge in [0.25, 0.3) is 0 Å². The first-order valence-electron chi connectivity index (χ1n) is 7.45. The quantitative estimate of drug-likeness (QED) is 0.897. The average Bonchev–Trinajstić information content (AvgIpc) is 3.06. The predicted molar refractivity (Wildman–Crippen MR) is 85.2 cm³/mol. The fraction of sp³-hybridized carbons (Fsp3) is 0.375. The molecule has 1 N–H and O–H groups in total. The largest absolute Gasteiger partial charge is 0.478 e. The van der Waals surface area contributed by atoms with Crippen molar-refractivity contribution in [2.45, 2.75) is 19.4 Å². The zero-order valence-electron chi connectivity index (χ0n) is 12.6. The number of carbonyl (C=O) groups is 1. The normalized spacial score (nSPS) is 19.7. The Morgan fingerprint density at radius 1 is 1.39 bits per heavy atom. The highest BCUT2D eigenvalue weighted by Gasteiger charge is 2.28. The Morgan fingerprint density at radius 3 is 2.91 bits per heavy atom. The van der Waals surface area contributed by atoms with Gasteiger partial charge in [0.15, 0.2) is 9.84 Å². The molecule has 0 amide bonds.